The fraction of sp³-hybridized carbons (Fsp3) is 0.389. The zero-order valence-electron chi connectivity index (χ0n) is 13.9. The van der Waals surface area contributed by atoms with E-state index in [1.54, 1.807) is 4.90 Å². The third-order valence-corrected chi connectivity index (χ3v) is 6.25. The highest BCUT2D eigenvalue weighted by Crippen LogP contribution is 2.21. The van der Waals surface area contributed by atoms with Gasteiger partial charge in [0.15, 0.2) is 9.84 Å². The number of sulfone groups is 1. The summed E-state index contributed by atoms with van der Waals surface area (Å²) in [5, 5.41) is 4.82. The maximum atomic E-state index is 12.4. The molecule has 0 aliphatic carbocycles. The molecule has 24 heavy (non-hydrogen) atoms. The molecule has 3 rings (SSSR count). The quantitative estimate of drug-likeness (QED) is 0.929. The predicted octanol–water partition coefficient (Wildman–Crippen LogP) is 2.73. The highest BCUT2D eigenvalue weighted by atomic mass is 32.2. The van der Waals surface area contributed by atoms with Crippen molar-refractivity contribution in [3.05, 3.63) is 48.0 Å². The van der Waals surface area contributed by atoms with E-state index in [1.165, 1.54) is 6.26 Å². The van der Waals surface area contributed by atoms with Crippen LogP contribution in [0.4, 0.5) is 4.79 Å². The lowest BCUT2D eigenvalue weighted by atomic mass is 10.0. The summed E-state index contributed by atoms with van der Waals surface area (Å²) in [5.74, 6) is 0. The van der Waals surface area contributed by atoms with E-state index >= 15 is 0 Å². The molecule has 0 bridgehead atoms. The van der Waals surface area contributed by atoms with E-state index in [9.17, 15) is 13.2 Å². The molecule has 2 aromatic carbocycles. The summed E-state index contributed by atoms with van der Waals surface area (Å²) in [4.78, 5) is 14.0. The molecule has 0 saturated carbocycles. The lowest BCUT2D eigenvalue weighted by Crippen LogP contribution is -2.40. The van der Waals surface area contributed by atoms with Gasteiger partial charge in [-0.3, -0.25) is 0 Å². The van der Waals surface area contributed by atoms with Gasteiger partial charge in [0.05, 0.1) is 11.3 Å². The third-order valence-electron chi connectivity index (χ3n) is 4.65. The van der Waals surface area contributed by atoms with E-state index in [2.05, 4.69) is 17.4 Å². The summed E-state index contributed by atoms with van der Waals surface area (Å²) in [6, 6.07) is 13.9. The molecular weight excluding hydrogens is 324 g/mol. The number of likely N-dealkylation sites (tertiary alicyclic amines) is 1. The Hall–Kier alpha value is -2.08. The van der Waals surface area contributed by atoms with Gasteiger partial charge >= 0.3 is 6.03 Å². The van der Waals surface area contributed by atoms with Crippen LogP contribution in [0.5, 0.6) is 0 Å². The standard InChI is InChI=1S/C18H22N2O3S/c1-13(15-8-7-14-5-3-4-6-16(14)11-15)19-18(21)20-10-9-17(12-20)24(2,22)23/h3-8,11,13,17H,9-10,12H2,1-2H3,(H,19,21). The first-order valence-corrected chi connectivity index (χ1v) is 10.0. The number of urea groups is 1. The van der Waals surface area contributed by atoms with Gasteiger partial charge in [0.25, 0.3) is 0 Å². The van der Waals surface area contributed by atoms with Crippen LogP contribution in [0.25, 0.3) is 10.8 Å². The topological polar surface area (TPSA) is 66.5 Å². The number of rotatable bonds is 3. The molecule has 1 fully saturated rings. The van der Waals surface area contributed by atoms with Crippen molar-refractivity contribution >= 4 is 26.6 Å². The van der Waals surface area contributed by atoms with E-state index < -0.39 is 15.1 Å². The van der Waals surface area contributed by atoms with Crippen molar-refractivity contribution in [2.24, 2.45) is 0 Å². The number of benzene rings is 2. The Labute approximate surface area is 142 Å². The molecule has 2 aromatic rings. The normalized spacial score (nSPS) is 19.4. The monoisotopic (exact) mass is 346 g/mol. The molecule has 2 unspecified atom stereocenters. The highest BCUT2D eigenvalue weighted by Gasteiger charge is 2.32. The Balaban J connectivity index is 1.67. The Bertz CT molecular complexity index is 863. The van der Waals surface area contributed by atoms with Crippen molar-refractivity contribution in [3.63, 3.8) is 0 Å². The van der Waals surface area contributed by atoms with E-state index in [0.29, 0.717) is 13.0 Å². The Kier molecular flexibility index (Phi) is 4.49. The Morgan fingerprint density at radius 3 is 2.58 bits per heavy atom. The second kappa shape index (κ2) is 6.43. The molecule has 2 amide bonds. The number of nitrogens with zero attached hydrogens (tertiary/aromatic N) is 1. The SMILES string of the molecule is CC(NC(=O)N1CCC(S(C)(=O)=O)C1)c1ccc2ccccc2c1. The first-order chi connectivity index (χ1) is 11.3. The molecule has 128 valence electrons. The molecule has 1 aliphatic rings. The smallest absolute Gasteiger partial charge is 0.317 e. The van der Waals surface area contributed by atoms with Crippen molar-refractivity contribution < 1.29 is 13.2 Å². The van der Waals surface area contributed by atoms with Gasteiger partial charge in [-0.2, -0.15) is 0 Å². The van der Waals surface area contributed by atoms with Gasteiger partial charge in [0.1, 0.15) is 0 Å². The van der Waals surface area contributed by atoms with E-state index in [-0.39, 0.29) is 18.6 Å². The van der Waals surface area contributed by atoms with Crippen LogP contribution < -0.4 is 5.32 Å². The van der Waals surface area contributed by atoms with Crippen LogP contribution in [0, 0.1) is 0 Å². The molecule has 1 heterocycles. The fourth-order valence-electron chi connectivity index (χ4n) is 3.10. The van der Waals surface area contributed by atoms with Crippen molar-refractivity contribution in [3.8, 4) is 0 Å². The Morgan fingerprint density at radius 2 is 1.92 bits per heavy atom. The predicted molar refractivity (Wildman–Crippen MR) is 95.7 cm³/mol. The van der Waals surface area contributed by atoms with Crippen LogP contribution in [-0.4, -0.2) is 43.9 Å². The van der Waals surface area contributed by atoms with Crippen LogP contribution in [0.1, 0.15) is 24.9 Å². The molecule has 1 aliphatic heterocycles. The van der Waals surface area contributed by atoms with Gasteiger partial charge in [-0.15, -0.1) is 0 Å². The summed E-state index contributed by atoms with van der Waals surface area (Å²) in [5.41, 5.74) is 1.03. The highest BCUT2D eigenvalue weighted by molar-refractivity contribution is 7.91. The zero-order valence-corrected chi connectivity index (χ0v) is 14.7. The van der Waals surface area contributed by atoms with E-state index in [1.807, 2.05) is 37.3 Å². The average Bonchev–Trinajstić information content (AvgIpc) is 3.04. The number of hydrogen-bond acceptors (Lipinski definition) is 3. The average molecular weight is 346 g/mol. The third kappa shape index (κ3) is 3.53. The molecule has 0 radical (unpaired) electrons. The zero-order chi connectivity index (χ0) is 17.3. The van der Waals surface area contributed by atoms with Crippen LogP contribution in [-0.2, 0) is 9.84 Å². The van der Waals surface area contributed by atoms with E-state index in [4.69, 9.17) is 0 Å². The lowest BCUT2D eigenvalue weighted by Gasteiger charge is -2.21. The van der Waals surface area contributed by atoms with Crippen LogP contribution in [0.2, 0.25) is 0 Å². The molecule has 6 heteroatoms. The van der Waals surface area contributed by atoms with Crippen molar-refractivity contribution in [2.45, 2.75) is 24.6 Å². The first kappa shape index (κ1) is 16.8. The van der Waals surface area contributed by atoms with Crippen LogP contribution in [0.15, 0.2) is 42.5 Å². The maximum absolute atomic E-state index is 12.4. The van der Waals surface area contributed by atoms with Gasteiger partial charge < -0.3 is 10.2 Å². The number of fused-ring (bicyclic) bond motifs is 1. The Morgan fingerprint density at radius 1 is 1.21 bits per heavy atom. The summed E-state index contributed by atoms with van der Waals surface area (Å²) in [6.07, 6.45) is 1.74. The summed E-state index contributed by atoms with van der Waals surface area (Å²) in [6.45, 7) is 2.69. The number of nitrogens with one attached hydrogen (secondary N) is 1. The minimum absolute atomic E-state index is 0.139. The largest absolute Gasteiger partial charge is 0.331 e. The molecule has 0 aromatic heterocycles. The molecule has 5 nitrogen and oxygen atoms in total. The molecule has 1 N–H and O–H groups in total. The minimum Gasteiger partial charge on any atom is -0.331 e. The van der Waals surface area contributed by atoms with E-state index in [0.717, 1.165) is 16.3 Å². The fourth-order valence-corrected chi connectivity index (χ4v) is 4.08. The number of carbonyl (C=O) groups is 1. The van der Waals surface area contributed by atoms with Gasteiger partial charge in [0.2, 0.25) is 0 Å². The van der Waals surface area contributed by atoms with Gasteiger partial charge in [-0.1, -0.05) is 36.4 Å². The molecular formula is C18H22N2O3S. The summed E-state index contributed by atoms with van der Waals surface area (Å²) in [7, 11) is -3.10. The number of amides is 2. The van der Waals surface area contributed by atoms with Gasteiger partial charge in [-0.05, 0) is 35.7 Å². The number of carbonyl (C=O) groups excluding carboxylic acids is 1. The van der Waals surface area contributed by atoms with Gasteiger partial charge in [-0.25, -0.2) is 13.2 Å². The van der Waals surface area contributed by atoms with Crippen molar-refractivity contribution in [1.82, 2.24) is 10.2 Å². The van der Waals surface area contributed by atoms with Crippen molar-refractivity contribution in [1.29, 1.82) is 0 Å². The van der Waals surface area contributed by atoms with Crippen molar-refractivity contribution in [2.75, 3.05) is 19.3 Å². The molecule has 1 saturated heterocycles. The summed E-state index contributed by atoms with van der Waals surface area (Å²) < 4.78 is 23.2. The molecule has 2 atom stereocenters. The number of hydrogen-bond donors (Lipinski definition) is 1. The maximum Gasteiger partial charge on any atom is 0.317 e. The second-order valence-corrected chi connectivity index (χ2v) is 8.79. The molecule has 0 spiro atoms. The summed E-state index contributed by atoms with van der Waals surface area (Å²) >= 11 is 0. The second-order valence-electron chi connectivity index (χ2n) is 6.46. The lowest BCUT2D eigenvalue weighted by molar-refractivity contribution is 0.205. The van der Waals surface area contributed by atoms with Crippen LogP contribution in [0.3, 0.4) is 0 Å². The van der Waals surface area contributed by atoms with Crippen LogP contribution >= 0.6 is 0 Å². The van der Waals surface area contributed by atoms with Gasteiger partial charge in [0, 0.05) is 19.3 Å². The first-order valence-electron chi connectivity index (χ1n) is 8.07. The minimum atomic E-state index is -3.10.